The largest absolute Gasteiger partial charge is 0.497 e. The lowest BCUT2D eigenvalue weighted by molar-refractivity contribution is 0.414. The van der Waals surface area contributed by atoms with E-state index in [1.165, 1.54) is 10.9 Å². The summed E-state index contributed by atoms with van der Waals surface area (Å²) in [5, 5.41) is 0.532. The number of halogens is 1. The van der Waals surface area contributed by atoms with Crippen LogP contribution in [0.25, 0.3) is 28.1 Å². The van der Waals surface area contributed by atoms with Crippen LogP contribution in [-0.4, -0.2) is 26.6 Å². The monoisotopic (exact) mass is 364 g/mol. The zero-order valence-corrected chi connectivity index (χ0v) is 14.5. The van der Waals surface area contributed by atoms with E-state index < -0.39 is 0 Å². The first kappa shape index (κ1) is 16.2. The highest BCUT2D eigenvalue weighted by molar-refractivity contribution is 6.30. The Kier molecular flexibility index (Phi) is 4.10. The lowest BCUT2D eigenvalue weighted by Crippen LogP contribution is -2.23. The predicted octanol–water partition coefficient (Wildman–Crippen LogP) is 3.50. The summed E-state index contributed by atoms with van der Waals surface area (Å²) in [6.45, 7) is 0. The van der Waals surface area contributed by atoms with Gasteiger partial charge in [-0.25, -0.2) is 15.0 Å². The van der Waals surface area contributed by atoms with Crippen molar-refractivity contribution >= 4 is 22.8 Å². The van der Waals surface area contributed by atoms with Gasteiger partial charge in [0.05, 0.1) is 19.0 Å². The fourth-order valence-corrected chi connectivity index (χ4v) is 2.92. The minimum atomic E-state index is -0.288. The highest BCUT2D eigenvalue weighted by atomic mass is 35.5. The maximum atomic E-state index is 13.2. The molecule has 0 N–H and O–H groups in total. The Bertz CT molecular complexity index is 1160. The number of fused-ring (bicyclic) bond motifs is 1. The molecule has 0 fully saturated rings. The van der Waals surface area contributed by atoms with Crippen molar-refractivity contribution in [1.29, 1.82) is 0 Å². The van der Waals surface area contributed by atoms with Crippen molar-refractivity contribution in [3.63, 3.8) is 0 Å². The molecule has 0 bridgehead atoms. The number of hydrogen-bond donors (Lipinski definition) is 0. The maximum absolute atomic E-state index is 13.2. The first-order valence-corrected chi connectivity index (χ1v) is 8.18. The predicted molar refractivity (Wildman–Crippen MR) is 99.9 cm³/mol. The third-order valence-electron chi connectivity index (χ3n) is 3.95. The molecule has 0 spiro atoms. The number of rotatable bonds is 3. The van der Waals surface area contributed by atoms with Gasteiger partial charge in [-0.15, -0.1) is 0 Å². The Balaban J connectivity index is 2.04. The van der Waals surface area contributed by atoms with Crippen LogP contribution in [-0.2, 0) is 0 Å². The van der Waals surface area contributed by atoms with Gasteiger partial charge in [0.1, 0.15) is 23.3 Å². The van der Waals surface area contributed by atoms with Crippen LogP contribution >= 0.6 is 11.6 Å². The number of ether oxygens (including phenoxy) is 1. The first-order chi connectivity index (χ1) is 12.7. The van der Waals surface area contributed by atoms with E-state index >= 15 is 0 Å². The van der Waals surface area contributed by atoms with E-state index in [4.69, 9.17) is 16.3 Å². The van der Waals surface area contributed by atoms with E-state index in [2.05, 4.69) is 15.0 Å². The van der Waals surface area contributed by atoms with Gasteiger partial charge >= 0.3 is 0 Å². The fraction of sp³-hybridized carbons (Fsp3) is 0.0526. The van der Waals surface area contributed by atoms with Gasteiger partial charge in [-0.05, 0) is 36.4 Å². The quantitative estimate of drug-likeness (QED) is 0.556. The van der Waals surface area contributed by atoms with Crippen LogP contribution < -0.4 is 10.3 Å². The Hall–Kier alpha value is -3.25. The summed E-state index contributed by atoms with van der Waals surface area (Å²) >= 11 is 6.08. The molecule has 0 aliphatic heterocycles. The average Bonchev–Trinajstić information content (AvgIpc) is 2.68. The third kappa shape index (κ3) is 2.80. The van der Waals surface area contributed by atoms with Gasteiger partial charge < -0.3 is 4.74 Å². The van der Waals surface area contributed by atoms with Crippen molar-refractivity contribution in [3.8, 4) is 22.7 Å². The number of nitrogens with zero attached hydrogens (tertiary/aromatic N) is 4. The van der Waals surface area contributed by atoms with E-state index in [-0.39, 0.29) is 11.3 Å². The van der Waals surface area contributed by atoms with Crippen LogP contribution in [0.5, 0.6) is 5.75 Å². The molecule has 2 heterocycles. The molecule has 2 aromatic heterocycles. The molecule has 6 nitrogen and oxygen atoms in total. The number of benzene rings is 2. The van der Waals surface area contributed by atoms with Crippen LogP contribution in [0, 0.1) is 0 Å². The summed E-state index contributed by atoms with van der Waals surface area (Å²) in [5.74, 6) is 0.699. The zero-order valence-electron chi connectivity index (χ0n) is 13.8. The Morgan fingerprint density at radius 3 is 2.65 bits per heavy atom. The molecule has 0 unspecified atom stereocenters. The van der Waals surface area contributed by atoms with Crippen molar-refractivity contribution in [2.75, 3.05) is 7.11 Å². The molecule has 7 heteroatoms. The second-order valence-corrected chi connectivity index (χ2v) is 5.98. The minimum absolute atomic E-state index is 0.283. The van der Waals surface area contributed by atoms with Crippen LogP contribution in [0.4, 0.5) is 0 Å². The van der Waals surface area contributed by atoms with Crippen molar-refractivity contribution in [3.05, 3.63) is 76.4 Å². The molecule has 2 aromatic carbocycles. The van der Waals surface area contributed by atoms with Gasteiger partial charge in [-0.1, -0.05) is 23.7 Å². The highest BCUT2D eigenvalue weighted by Gasteiger charge is 2.15. The molecular formula is C19H13ClN4O2. The smallest absolute Gasteiger partial charge is 0.283 e. The Morgan fingerprint density at radius 2 is 1.92 bits per heavy atom. The second kappa shape index (κ2) is 6.57. The van der Waals surface area contributed by atoms with Gasteiger partial charge in [0.2, 0.25) is 0 Å². The summed E-state index contributed by atoms with van der Waals surface area (Å²) in [7, 11) is 1.59. The zero-order chi connectivity index (χ0) is 18.1. The van der Waals surface area contributed by atoms with Gasteiger partial charge in [0.25, 0.3) is 5.56 Å². The minimum Gasteiger partial charge on any atom is -0.497 e. The molecule has 0 atom stereocenters. The van der Waals surface area contributed by atoms with E-state index in [1.807, 2.05) is 0 Å². The van der Waals surface area contributed by atoms with Gasteiger partial charge in [-0.2, -0.15) is 0 Å². The van der Waals surface area contributed by atoms with Crippen LogP contribution in [0.1, 0.15) is 0 Å². The lowest BCUT2D eigenvalue weighted by Gasteiger charge is -2.12. The SMILES string of the molecule is COc1ccc(-n2c(=O)c(-c3cccc(Cl)c3)nc3cncnc32)cc1. The number of methoxy groups -OCH3 is 1. The van der Waals surface area contributed by atoms with Crippen molar-refractivity contribution in [1.82, 2.24) is 19.5 Å². The summed E-state index contributed by atoms with van der Waals surface area (Å²) in [6.07, 6.45) is 2.97. The molecule has 0 radical (unpaired) electrons. The van der Waals surface area contributed by atoms with Crippen LogP contribution in [0.2, 0.25) is 5.02 Å². The van der Waals surface area contributed by atoms with E-state index in [0.29, 0.717) is 33.2 Å². The van der Waals surface area contributed by atoms with E-state index in [9.17, 15) is 4.79 Å². The third-order valence-corrected chi connectivity index (χ3v) is 4.19. The maximum Gasteiger partial charge on any atom is 0.283 e. The van der Waals surface area contributed by atoms with Gasteiger partial charge in [0, 0.05) is 10.6 Å². The van der Waals surface area contributed by atoms with Crippen molar-refractivity contribution in [2.45, 2.75) is 0 Å². The summed E-state index contributed by atoms with van der Waals surface area (Å²) in [5.41, 5.74) is 2.23. The van der Waals surface area contributed by atoms with Crippen molar-refractivity contribution in [2.24, 2.45) is 0 Å². The summed E-state index contributed by atoms with van der Waals surface area (Å²) < 4.78 is 6.70. The summed E-state index contributed by atoms with van der Waals surface area (Å²) in [6, 6.07) is 14.2. The molecule has 0 saturated carbocycles. The standard InChI is InChI=1S/C19H13ClN4O2/c1-26-15-7-5-14(6-8-15)24-18-16(10-21-11-22-18)23-17(19(24)25)12-3-2-4-13(20)9-12/h2-11H,1H3. The average molecular weight is 365 g/mol. The fourth-order valence-electron chi connectivity index (χ4n) is 2.73. The number of aromatic nitrogens is 4. The molecule has 128 valence electrons. The Labute approximate surface area is 153 Å². The van der Waals surface area contributed by atoms with Crippen LogP contribution in [0.3, 0.4) is 0 Å². The molecular weight excluding hydrogens is 352 g/mol. The lowest BCUT2D eigenvalue weighted by atomic mass is 10.1. The topological polar surface area (TPSA) is 69.9 Å². The Morgan fingerprint density at radius 1 is 1.12 bits per heavy atom. The highest BCUT2D eigenvalue weighted by Crippen LogP contribution is 2.22. The normalized spacial score (nSPS) is 10.8. The number of hydrogen-bond acceptors (Lipinski definition) is 5. The molecule has 0 aliphatic carbocycles. The van der Waals surface area contributed by atoms with E-state index in [0.717, 1.165) is 0 Å². The van der Waals surface area contributed by atoms with Gasteiger partial charge in [-0.3, -0.25) is 9.36 Å². The first-order valence-electron chi connectivity index (χ1n) is 7.80. The molecule has 4 aromatic rings. The molecule has 26 heavy (non-hydrogen) atoms. The molecule has 4 rings (SSSR count). The second-order valence-electron chi connectivity index (χ2n) is 5.54. The molecule has 0 saturated heterocycles. The van der Waals surface area contributed by atoms with E-state index in [1.54, 1.807) is 61.8 Å². The summed E-state index contributed by atoms with van der Waals surface area (Å²) in [4.78, 5) is 25.9. The van der Waals surface area contributed by atoms with Gasteiger partial charge in [0.15, 0.2) is 5.65 Å². The van der Waals surface area contributed by atoms with Crippen LogP contribution in [0.15, 0.2) is 65.8 Å². The molecule has 0 aliphatic rings. The van der Waals surface area contributed by atoms with Crippen molar-refractivity contribution < 1.29 is 4.74 Å². The molecule has 0 amide bonds.